The zero-order valence-electron chi connectivity index (χ0n) is 11.8. The Morgan fingerprint density at radius 3 is 2.29 bits per heavy atom. The second-order valence-corrected chi connectivity index (χ2v) is 7.42. The molecule has 0 saturated heterocycles. The summed E-state index contributed by atoms with van der Waals surface area (Å²) in [6, 6.07) is 0.224. The molecule has 0 saturated carbocycles. The first kappa shape index (κ1) is 16.8. The van der Waals surface area contributed by atoms with Gasteiger partial charge in [-0.05, 0) is 27.2 Å². The van der Waals surface area contributed by atoms with Crippen molar-refractivity contribution in [1.82, 2.24) is 9.62 Å². The predicted octanol–water partition coefficient (Wildman–Crippen LogP) is 0.671. The van der Waals surface area contributed by atoms with Crippen LogP contribution in [0.1, 0.15) is 27.2 Å². The monoisotopic (exact) mass is 266 g/mol. The number of methoxy groups -OCH3 is 1. The smallest absolute Gasteiger partial charge is 0.214 e. The Kier molecular flexibility index (Phi) is 6.61. The first-order chi connectivity index (χ1) is 7.60. The lowest BCUT2D eigenvalue weighted by molar-refractivity contribution is 0.00875. The molecule has 0 aliphatic heterocycles. The van der Waals surface area contributed by atoms with Crippen molar-refractivity contribution in [2.24, 2.45) is 0 Å². The van der Waals surface area contributed by atoms with Crippen LogP contribution in [0.4, 0.5) is 0 Å². The maximum absolute atomic E-state index is 11.5. The van der Waals surface area contributed by atoms with Gasteiger partial charge in [0.25, 0.3) is 0 Å². The summed E-state index contributed by atoms with van der Waals surface area (Å²) in [5, 5.41) is 3.20. The molecule has 0 fully saturated rings. The molecule has 0 unspecified atom stereocenters. The Labute approximate surface area is 106 Å². The van der Waals surface area contributed by atoms with Crippen molar-refractivity contribution in [3.8, 4) is 0 Å². The van der Waals surface area contributed by atoms with Gasteiger partial charge < -0.3 is 10.1 Å². The van der Waals surface area contributed by atoms with Crippen LogP contribution in [0, 0.1) is 0 Å². The van der Waals surface area contributed by atoms with E-state index >= 15 is 0 Å². The standard InChI is InChI=1S/C11H26N2O3S/c1-10(9-11(2,3)16-6)12-7-8-17(14,15)13(4)5/h10,12H,7-9H2,1-6H3/t10-/m0/s1. The van der Waals surface area contributed by atoms with Crippen molar-refractivity contribution in [3.63, 3.8) is 0 Å². The number of rotatable bonds is 8. The average Bonchev–Trinajstić information content (AvgIpc) is 2.16. The molecule has 0 aliphatic carbocycles. The number of nitrogens with zero attached hydrogens (tertiary/aromatic N) is 1. The van der Waals surface area contributed by atoms with E-state index in [1.54, 1.807) is 21.2 Å². The maximum atomic E-state index is 11.5. The molecular formula is C11H26N2O3S. The predicted molar refractivity (Wildman–Crippen MR) is 70.6 cm³/mol. The van der Waals surface area contributed by atoms with Crippen molar-refractivity contribution in [2.75, 3.05) is 33.5 Å². The highest BCUT2D eigenvalue weighted by Gasteiger charge is 2.20. The topological polar surface area (TPSA) is 58.6 Å². The van der Waals surface area contributed by atoms with Gasteiger partial charge in [-0.3, -0.25) is 0 Å². The van der Waals surface area contributed by atoms with Gasteiger partial charge in [0.1, 0.15) is 0 Å². The number of hydrogen-bond acceptors (Lipinski definition) is 4. The molecule has 1 N–H and O–H groups in total. The fourth-order valence-corrected chi connectivity index (χ4v) is 2.25. The molecule has 0 aromatic heterocycles. The van der Waals surface area contributed by atoms with Crippen LogP contribution in [0.5, 0.6) is 0 Å². The zero-order chi connectivity index (χ0) is 13.7. The molecular weight excluding hydrogens is 240 g/mol. The third-order valence-corrected chi connectivity index (χ3v) is 4.59. The van der Waals surface area contributed by atoms with Crippen LogP contribution >= 0.6 is 0 Å². The summed E-state index contributed by atoms with van der Waals surface area (Å²) in [4.78, 5) is 0. The molecule has 0 rings (SSSR count). The largest absolute Gasteiger partial charge is 0.379 e. The molecule has 17 heavy (non-hydrogen) atoms. The van der Waals surface area contributed by atoms with E-state index in [0.717, 1.165) is 6.42 Å². The van der Waals surface area contributed by atoms with Crippen molar-refractivity contribution < 1.29 is 13.2 Å². The van der Waals surface area contributed by atoms with Crippen LogP contribution in [0.2, 0.25) is 0 Å². The number of hydrogen-bond donors (Lipinski definition) is 1. The van der Waals surface area contributed by atoms with E-state index in [9.17, 15) is 8.42 Å². The third kappa shape index (κ3) is 6.98. The molecule has 0 bridgehead atoms. The molecule has 104 valence electrons. The van der Waals surface area contributed by atoms with Crippen LogP contribution in [0.15, 0.2) is 0 Å². The Morgan fingerprint density at radius 1 is 1.35 bits per heavy atom. The van der Waals surface area contributed by atoms with Crippen LogP contribution < -0.4 is 5.32 Å². The highest BCUT2D eigenvalue weighted by Crippen LogP contribution is 2.15. The Balaban J connectivity index is 3.99. The van der Waals surface area contributed by atoms with Gasteiger partial charge in [-0.1, -0.05) is 0 Å². The van der Waals surface area contributed by atoms with Crippen molar-refractivity contribution >= 4 is 10.0 Å². The van der Waals surface area contributed by atoms with Gasteiger partial charge in [0, 0.05) is 33.8 Å². The van der Waals surface area contributed by atoms with Gasteiger partial charge in [0.2, 0.25) is 10.0 Å². The van der Waals surface area contributed by atoms with E-state index in [2.05, 4.69) is 5.32 Å². The summed E-state index contributed by atoms with van der Waals surface area (Å²) in [5.74, 6) is 0.123. The summed E-state index contributed by atoms with van der Waals surface area (Å²) < 4.78 is 29.6. The fraction of sp³-hybridized carbons (Fsp3) is 1.00. The van der Waals surface area contributed by atoms with Crippen LogP contribution in [-0.2, 0) is 14.8 Å². The maximum Gasteiger partial charge on any atom is 0.214 e. The molecule has 0 spiro atoms. The summed E-state index contributed by atoms with van der Waals surface area (Å²) in [6.45, 7) is 6.52. The lowest BCUT2D eigenvalue weighted by atomic mass is 10.00. The average molecular weight is 266 g/mol. The SMILES string of the molecule is COC(C)(C)C[C@H](C)NCCS(=O)(=O)N(C)C. The van der Waals surface area contributed by atoms with E-state index in [-0.39, 0.29) is 17.4 Å². The first-order valence-corrected chi connectivity index (χ1v) is 7.40. The molecule has 0 aromatic rings. The first-order valence-electron chi connectivity index (χ1n) is 5.79. The van der Waals surface area contributed by atoms with Crippen LogP contribution in [0.25, 0.3) is 0 Å². The highest BCUT2D eigenvalue weighted by atomic mass is 32.2. The lowest BCUT2D eigenvalue weighted by Crippen LogP contribution is -2.39. The molecule has 0 aromatic carbocycles. The minimum Gasteiger partial charge on any atom is -0.379 e. The van der Waals surface area contributed by atoms with Gasteiger partial charge >= 0.3 is 0 Å². The molecule has 0 heterocycles. The van der Waals surface area contributed by atoms with Crippen molar-refractivity contribution in [2.45, 2.75) is 38.8 Å². The molecule has 0 radical (unpaired) electrons. The molecule has 6 heteroatoms. The Hall–Kier alpha value is -0.170. The molecule has 5 nitrogen and oxygen atoms in total. The highest BCUT2D eigenvalue weighted by molar-refractivity contribution is 7.89. The van der Waals surface area contributed by atoms with E-state index in [0.29, 0.717) is 6.54 Å². The zero-order valence-corrected chi connectivity index (χ0v) is 12.6. The van der Waals surface area contributed by atoms with Crippen molar-refractivity contribution in [3.05, 3.63) is 0 Å². The molecule has 0 aliphatic rings. The number of ether oxygens (including phenoxy) is 1. The third-order valence-electron chi connectivity index (χ3n) is 2.76. The van der Waals surface area contributed by atoms with Gasteiger partial charge in [0.05, 0.1) is 11.4 Å². The number of nitrogens with one attached hydrogen (secondary N) is 1. The fourth-order valence-electron chi connectivity index (χ4n) is 1.51. The summed E-state index contributed by atoms with van der Waals surface area (Å²) in [7, 11) is 1.68. The second kappa shape index (κ2) is 6.68. The van der Waals surface area contributed by atoms with Crippen LogP contribution in [0.3, 0.4) is 0 Å². The van der Waals surface area contributed by atoms with Gasteiger partial charge in [-0.25, -0.2) is 12.7 Å². The van der Waals surface area contributed by atoms with Crippen molar-refractivity contribution in [1.29, 1.82) is 0 Å². The van der Waals surface area contributed by atoms with Gasteiger partial charge in [0.15, 0.2) is 0 Å². The molecule has 0 amide bonds. The minimum absolute atomic E-state index is 0.123. The Bertz CT molecular complexity index is 313. The van der Waals surface area contributed by atoms with Gasteiger partial charge in [-0.2, -0.15) is 0 Å². The van der Waals surface area contributed by atoms with Gasteiger partial charge in [-0.15, -0.1) is 0 Å². The quantitative estimate of drug-likeness (QED) is 0.701. The van der Waals surface area contributed by atoms with E-state index in [1.807, 2.05) is 20.8 Å². The summed E-state index contributed by atoms with van der Waals surface area (Å²) in [6.07, 6.45) is 0.839. The normalized spacial score (nSPS) is 15.2. The van der Waals surface area contributed by atoms with E-state index in [1.165, 1.54) is 4.31 Å². The lowest BCUT2D eigenvalue weighted by Gasteiger charge is -2.27. The minimum atomic E-state index is -3.10. The second-order valence-electron chi connectivity index (χ2n) is 5.12. The molecule has 1 atom stereocenters. The van der Waals surface area contributed by atoms with E-state index < -0.39 is 10.0 Å². The summed E-state index contributed by atoms with van der Waals surface area (Å²) in [5.41, 5.74) is -0.188. The Morgan fingerprint density at radius 2 is 1.88 bits per heavy atom. The van der Waals surface area contributed by atoms with E-state index in [4.69, 9.17) is 4.74 Å². The summed E-state index contributed by atoms with van der Waals surface area (Å²) >= 11 is 0. The number of sulfonamides is 1. The van der Waals surface area contributed by atoms with Crippen LogP contribution in [-0.4, -0.2) is 57.9 Å².